The van der Waals surface area contributed by atoms with Gasteiger partial charge in [-0.05, 0) is 36.4 Å². The van der Waals surface area contributed by atoms with Gasteiger partial charge in [-0.3, -0.25) is 0 Å². The number of hydrogen-bond acceptors (Lipinski definition) is 2. The number of aromatic nitrogens is 1. The van der Waals surface area contributed by atoms with Crippen molar-refractivity contribution in [1.82, 2.24) is 3.97 Å². The summed E-state index contributed by atoms with van der Waals surface area (Å²) >= 11 is 3.31. The maximum atomic E-state index is 12.8. The predicted octanol–water partition coefficient (Wildman–Crippen LogP) is 4.66. The molecule has 0 bridgehead atoms. The van der Waals surface area contributed by atoms with Crippen molar-refractivity contribution >= 4 is 36.9 Å². The Labute approximate surface area is 138 Å². The van der Waals surface area contributed by atoms with E-state index in [0.29, 0.717) is 21.4 Å². The molecule has 23 heavy (non-hydrogen) atoms. The highest BCUT2D eigenvalue weighted by Gasteiger charge is 2.32. The van der Waals surface area contributed by atoms with Gasteiger partial charge < -0.3 is 0 Å². The second kappa shape index (κ2) is 5.38. The molecule has 0 saturated heterocycles. The van der Waals surface area contributed by atoms with E-state index in [1.807, 2.05) is 0 Å². The quantitative estimate of drug-likeness (QED) is 0.624. The van der Waals surface area contributed by atoms with Crippen LogP contribution in [0.15, 0.2) is 64.1 Å². The summed E-state index contributed by atoms with van der Waals surface area (Å²) in [4.78, 5) is -0.412. The molecule has 0 unspecified atom stereocenters. The maximum absolute atomic E-state index is 12.8. The van der Waals surface area contributed by atoms with E-state index in [1.54, 1.807) is 24.3 Å². The Balaban J connectivity index is 2.20. The molecule has 0 spiro atoms. The summed E-state index contributed by atoms with van der Waals surface area (Å²) in [5, 5.41) is 0.656. The van der Waals surface area contributed by atoms with Crippen molar-refractivity contribution in [2.24, 2.45) is 0 Å². The van der Waals surface area contributed by atoms with E-state index < -0.39 is 26.7 Å². The molecule has 0 aliphatic carbocycles. The summed E-state index contributed by atoms with van der Waals surface area (Å²) < 4.78 is 65.4. The lowest BCUT2D eigenvalue weighted by Crippen LogP contribution is -2.13. The molecular weight excluding hydrogens is 395 g/mol. The highest BCUT2D eigenvalue weighted by Crippen LogP contribution is 2.32. The molecule has 0 saturated carbocycles. The number of nitrogens with zero attached hydrogens (tertiary/aromatic N) is 1. The molecule has 0 radical (unpaired) electrons. The molecule has 0 fully saturated rings. The van der Waals surface area contributed by atoms with Crippen LogP contribution in [0.4, 0.5) is 13.2 Å². The van der Waals surface area contributed by atoms with E-state index in [2.05, 4.69) is 15.9 Å². The van der Waals surface area contributed by atoms with Crippen LogP contribution in [0.1, 0.15) is 5.56 Å². The number of benzene rings is 2. The average molecular weight is 404 g/mol. The van der Waals surface area contributed by atoms with Crippen LogP contribution in [0.5, 0.6) is 0 Å². The first-order chi connectivity index (χ1) is 10.7. The van der Waals surface area contributed by atoms with Crippen LogP contribution in [-0.4, -0.2) is 12.4 Å². The van der Waals surface area contributed by atoms with Gasteiger partial charge in [-0.25, -0.2) is 12.4 Å². The van der Waals surface area contributed by atoms with Crippen molar-refractivity contribution in [3.8, 4) is 0 Å². The topological polar surface area (TPSA) is 39.1 Å². The standard InChI is InChI=1S/C15H9BrF3NO2S/c16-13-5-2-6-14-12(13)7-8-20(14)23(21,22)11-4-1-3-10(9-11)15(17,18)19/h1-9H. The van der Waals surface area contributed by atoms with Gasteiger partial charge >= 0.3 is 6.18 Å². The third-order valence-electron chi connectivity index (χ3n) is 3.36. The lowest BCUT2D eigenvalue weighted by atomic mass is 10.2. The van der Waals surface area contributed by atoms with Gasteiger partial charge in [0.25, 0.3) is 10.0 Å². The molecule has 8 heteroatoms. The van der Waals surface area contributed by atoms with Gasteiger partial charge in [0.2, 0.25) is 0 Å². The zero-order valence-corrected chi connectivity index (χ0v) is 13.8. The van der Waals surface area contributed by atoms with Crippen LogP contribution in [0.25, 0.3) is 10.9 Å². The Morgan fingerprint density at radius 1 is 1.00 bits per heavy atom. The van der Waals surface area contributed by atoms with Crippen LogP contribution < -0.4 is 0 Å². The van der Waals surface area contributed by atoms with Crippen LogP contribution in [0, 0.1) is 0 Å². The van der Waals surface area contributed by atoms with Gasteiger partial charge in [-0.1, -0.05) is 28.1 Å². The minimum absolute atomic E-state index is 0.386. The Bertz CT molecular complexity index is 993. The largest absolute Gasteiger partial charge is 0.416 e. The van der Waals surface area contributed by atoms with E-state index in [-0.39, 0.29) is 0 Å². The third-order valence-corrected chi connectivity index (χ3v) is 5.74. The lowest BCUT2D eigenvalue weighted by molar-refractivity contribution is -0.137. The molecule has 0 N–H and O–H groups in total. The molecule has 0 aliphatic heterocycles. The van der Waals surface area contributed by atoms with Gasteiger partial charge in [-0.15, -0.1) is 0 Å². The molecular formula is C15H9BrF3NO2S. The zero-order valence-electron chi connectivity index (χ0n) is 11.4. The minimum Gasteiger partial charge on any atom is -0.241 e. The maximum Gasteiger partial charge on any atom is 0.416 e. The summed E-state index contributed by atoms with van der Waals surface area (Å²) in [6.07, 6.45) is -3.28. The van der Waals surface area contributed by atoms with Gasteiger partial charge in [0.15, 0.2) is 0 Å². The number of halogens is 4. The molecule has 2 aromatic carbocycles. The van der Waals surface area contributed by atoms with Gasteiger partial charge in [0.05, 0.1) is 16.0 Å². The van der Waals surface area contributed by atoms with E-state index in [9.17, 15) is 21.6 Å². The van der Waals surface area contributed by atoms with Gasteiger partial charge in [-0.2, -0.15) is 13.2 Å². The van der Waals surface area contributed by atoms with E-state index in [1.165, 1.54) is 6.20 Å². The minimum atomic E-state index is -4.60. The monoisotopic (exact) mass is 403 g/mol. The van der Waals surface area contributed by atoms with Crippen LogP contribution in [0.2, 0.25) is 0 Å². The summed E-state index contributed by atoms with van der Waals surface area (Å²) in [6, 6.07) is 10.3. The van der Waals surface area contributed by atoms with Crippen LogP contribution >= 0.6 is 15.9 Å². The molecule has 1 heterocycles. The molecule has 1 aromatic heterocycles. The van der Waals surface area contributed by atoms with Crippen molar-refractivity contribution < 1.29 is 21.6 Å². The molecule has 3 aromatic rings. The van der Waals surface area contributed by atoms with Crippen molar-refractivity contribution in [3.05, 3.63) is 64.8 Å². The Morgan fingerprint density at radius 3 is 2.39 bits per heavy atom. The molecule has 3 nitrogen and oxygen atoms in total. The molecule has 0 amide bonds. The number of rotatable bonds is 2. The lowest BCUT2D eigenvalue weighted by Gasteiger charge is -2.11. The van der Waals surface area contributed by atoms with Crippen LogP contribution in [0.3, 0.4) is 0 Å². The van der Waals surface area contributed by atoms with E-state index >= 15 is 0 Å². The number of fused-ring (bicyclic) bond motifs is 1. The van der Waals surface area contributed by atoms with Crippen molar-refractivity contribution in [1.29, 1.82) is 0 Å². The Morgan fingerprint density at radius 2 is 1.70 bits per heavy atom. The molecule has 0 aliphatic rings. The fourth-order valence-electron chi connectivity index (χ4n) is 2.26. The molecule has 120 valence electrons. The van der Waals surface area contributed by atoms with Crippen molar-refractivity contribution in [2.45, 2.75) is 11.1 Å². The summed E-state index contributed by atoms with van der Waals surface area (Å²) in [5.41, 5.74) is -0.618. The molecule has 0 atom stereocenters. The molecule has 3 rings (SSSR count). The van der Waals surface area contributed by atoms with Gasteiger partial charge in [0.1, 0.15) is 0 Å². The predicted molar refractivity (Wildman–Crippen MR) is 83.7 cm³/mol. The van der Waals surface area contributed by atoms with Gasteiger partial charge in [0, 0.05) is 16.1 Å². The first-order valence-corrected chi connectivity index (χ1v) is 8.63. The average Bonchev–Trinajstić information content (AvgIpc) is 2.93. The van der Waals surface area contributed by atoms with Crippen molar-refractivity contribution in [2.75, 3.05) is 0 Å². The Kier molecular flexibility index (Phi) is 3.76. The van der Waals surface area contributed by atoms with E-state index in [4.69, 9.17) is 0 Å². The van der Waals surface area contributed by atoms with Crippen LogP contribution in [-0.2, 0) is 16.2 Å². The smallest absolute Gasteiger partial charge is 0.241 e. The number of hydrogen-bond donors (Lipinski definition) is 0. The SMILES string of the molecule is O=S(=O)(c1cccc(C(F)(F)F)c1)n1ccc2c(Br)cccc21. The summed E-state index contributed by atoms with van der Waals surface area (Å²) in [5.74, 6) is 0. The fourth-order valence-corrected chi connectivity index (χ4v) is 4.14. The van der Waals surface area contributed by atoms with Crippen molar-refractivity contribution in [3.63, 3.8) is 0 Å². The second-order valence-corrected chi connectivity index (χ2v) is 7.48. The first kappa shape index (κ1) is 16.1. The summed E-state index contributed by atoms with van der Waals surface area (Å²) in [6.45, 7) is 0. The highest BCUT2D eigenvalue weighted by molar-refractivity contribution is 9.10. The second-order valence-electron chi connectivity index (χ2n) is 4.81. The number of alkyl halides is 3. The first-order valence-electron chi connectivity index (χ1n) is 6.40. The highest BCUT2D eigenvalue weighted by atomic mass is 79.9. The van der Waals surface area contributed by atoms with E-state index in [0.717, 1.165) is 22.2 Å². The zero-order chi connectivity index (χ0) is 16.8. The fraction of sp³-hybridized carbons (Fsp3) is 0.0667. The third kappa shape index (κ3) is 2.76. The normalized spacial score (nSPS) is 12.7. The Hall–Kier alpha value is -1.80. The summed E-state index contributed by atoms with van der Waals surface area (Å²) in [7, 11) is -4.13.